The van der Waals surface area contributed by atoms with Gasteiger partial charge in [0.2, 0.25) is 5.91 Å². The number of amides is 1. The van der Waals surface area contributed by atoms with Crippen LogP contribution in [0, 0.1) is 5.82 Å². The molecule has 0 spiro atoms. The first-order valence-electron chi connectivity index (χ1n) is 6.56. The second-order valence-corrected chi connectivity index (χ2v) is 5.74. The van der Waals surface area contributed by atoms with Gasteiger partial charge in [0.15, 0.2) is 6.04 Å². The predicted molar refractivity (Wildman–Crippen MR) is 75.7 cm³/mol. The number of morpholine rings is 1. The molecule has 1 aliphatic heterocycles. The molecule has 0 bridgehead atoms. The Bertz CT molecular complexity index is 508. The molecule has 1 heterocycles. The van der Waals surface area contributed by atoms with Crippen molar-refractivity contribution in [2.24, 2.45) is 0 Å². The van der Waals surface area contributed by atoms with Crippen LogP contribution in [0.2, 0.25) is 0 Å². The van der Waals surface area contributed by atoms with Crippen molar-refractivity contribution in [1.82, 2.24) is 4.90 Å². The first kappa shape index (κ1) is 15.8. The number of hydrogen-bond acceptors (Lipinski definition) is 4. The van der Waals surface area contributed by atoms with Gasteiger partial charge in [0.05, 0.1) is 13.2 Å². The largest absolute Gasteiger partial charge is 0.480 e. The average molecular weight is 313 g/mol. The van der Waals surface area contributed by atoms with Gasteiger partial charge in [-0.15, -0.1) is 11.8 Å². The summed E-state index contributed by atoms with van der Waals surface area (Å²) in [4.78, 5) is 25.4. The van der Waals surface area contributed by atoms with E-state index in [1.165, 1.54) is 28.8 Å². The number of nitrogens with zero attached hydrogens (tertiary/aromatic N) is 1. The van der Waals surface area contributed by atoms with Crippen molar-refractivity contribution in [3.8, 4) is 0 Å². The Morgan fingerprint density at radius 3 is 2.76 bits per heavy atom. The highest BCUT2D eigenvalue weighted by atomic mass is 32.2. The van der Waals surface area contributed by atoms with Crippen molar-refractivity contribution in [2.45, 2.75) is 17.4 Å². The van der Waals surface area contributed by atoms with Crippen molar-refractivity contribution in [2.75, 3.05) is 25.5 Å². The molecule has 5 nitrogen and oxygen atoms in total. The molecule has 1 saturated heterocycles. The molecule has 1 N–H and O–H groups in total. The van der Waals surface area contributed by atoms with Crippen molar-refractivity contribution in [3.63, 3.8) is 0 Å². The Labute approximate surface area is 126 Å². The van der Waals surface area contributed by atoms with E-state index in [4.69, 9.17) is 9.84 Å². The van der Waals surface area contributed by atoms with Gasteiger partial charge < -0.3 is 14.7 Å². The number of ether oxygens (including phenoxy) is 1. The maximum atomic E-state index is 12.8. The second-order valence-electron chi connectivity index (χ2n) is 4.57. The SMILES string of the molecule is O=C(O)C1COCCN1C(=O)CCSc1ccc(F)cc1. The van der Waals surface area contributed by atoms with Crippen LogP contribution in [0.15, 0.2) is 29.2 Å². The van der Waals surface area contributed by atoms with Crippen LogP contribution in [0.25, 0.3) is 0 Å². The topological polar surface area (TPSA) is 66.8 Å². The Kier molecular flexibility index (Phi) is 5.58. The van der Waals surface area contributed by atoms with Crippen molar-refractivity contribution >= 4 is 23.6 Å². The number of aliphatic carboxylic acids is 1. The van der Waals surface area contributed by atoms with Gasteiger partial charge in [0.1, 0.15) is 5.82 Å². The molecule has 1 aliphatic rings. The lowest BCUT2D eigenvalue weighted by molar-refractivity contribution is -0.158. The standard InChI is InChI=1S/C14H16FNO4S/c15-10-1-3-11(4-2-10)21-8-5-13(17)16-6-7-20-9-12(16)14(18)19/h1-4,12H,5-9H2,(H,18,19). The molecule has 1 fully saturated rings. The van der Waals surface area contributed by atoms with Crippen molar-refractivity contribution in [3.05, 3.63) is 30.1 Å². The fraction of sp³-hybridized carbons (Fsp3) is 0.429. The van der Waals surface area contributed by atoms with E-state index in [2.05, 4.69) is 0 Å². The maximum Gasteiger partial charge on any atom is 0.328 e. The van der Waals surface area contributed by atoms with Gasteiger partial charge in [-0.2, -0.15) is 0 Å². The van der Waals surface area contributed by atoms with E-state index < -0.39 is 12.0 Å². The summed E-state index contributed by atoms with van der Waals surface area (Å²) in [6.07, 6.45) is 0.242. The van der Waals surface area contributed by atoms with Crippen molar-refractivity contribution in [1.29, 1.82) is 0 Å². The van der Waals surface area contributed by atoms with Crippen LogP contribution >= 0.6 is 11.8 Å². The summed E-state index contributed by atoms with van der Waals surface area (Å²) in [5, 5.41) is 9.07. The van der Waals surface area contributed by atoms with Gasteiger partial charge in [0.25, 0.3) is 0 Å². The molecular weight excluding hydrogens is 297 g/mol. The molecule has 21 heavy (non-hydrogen) atoms. The number of carboxylic acids is 1. The molecule has 0 radical (unpaired) electrons. The third-order valence-electron chi connectivity index (χ3n) is 3.13. The summed E-state index contributed by atoms with van der Waals surface area (Å²) in [5.74, 6) is -1.02. The Balaban J connectivity index is 1.83. The minimum absolute atomic E-state index is 0.0339. The summed E-state index contributed by atoms with van der Waals surface area (Å²) in [5.41, 5.74) is 0. The number of carboxylic acid groups (broad SMARTS) is 1. The second kappa shape index (κ2) is 7.42. The predicted octanol–water partition coefficient (Wildman–Crippen LogP) is 1.62. The van der Waals surface area contributed by atoms with E-state index in [9.17, 15) is 14.0 Å². The normalized spacial score (nSPS) is 18.5. The number of halogens is 1. The first-order chi connectivity index (χ1) is 10.1. The fourth-order valence-electron chi connectivity index (χ4n) is 2.04. The van der Waals surface area contributed by atoms with E-state index in [1.807, 2.05) is 0 Å². The smallest absolute Gasteiger partial charge is 0.328 e. The third-order valence-corrected chi connectivity index (χ3v) is 4.15. The molecular formula is C14H16FNO4S. The van der Waals surface area contributed by atoms with E-state index in [1.54, 1.807) is 12.1 Å². The Morgan fingerprint density at radius 1 is 1.38 bits per heavy atom. The quantitative estimate of drug-likeness (QED) is 0.837. The minimum atomic E-state index is -1.05. The molecule has 114 valence electrons. The van der Waals surface area contributed by atoms with Crippen LogP contribution in [-0.4, -0.2) is 53.4 Å². The number of carbonyl (C=O) groups is 2. The lowest BCUT2D eigenvalue weighted by Gasteiger charge is -2.32. The van der Waals surface area contributed by atoms with Gasteiger partial charge >= 0.3 is 5.97 Å². The third kappa shape index (κ3) is 4.44. The van der Waals surface area contributed by atoms with Crippen molar-refractivity contribution < 1.29 is 23.8 Å². The highest BCUT2D eigenvalue weighted by Crippen LogP contribution is 2.20. The Hall–Kier alpha value is -1.60. The molecule has 7 heteroatoms. The zero-order valence-electron chi connectivity index (χ0n) is 11.3. The van der Waals surface area contributed by atoms with E-state index in [0.717, 1.165) is 4.90 Å². The number of benzene rings is 1. The molecule has 0 saturated carbocycles. The Morgan fingerprint density at radius 2 is 2.10 bits per heavy atom. The zero-order valence-corrected chi connectivity index (χ0v) is 12.1. The summed E-state index contributed by atoms with van der Waals surface area (Å²) in [6, 6.07) is 5.14. The van der Waals surface area contributed by atoms with Gasteiger partial charge in [-0.25, -0.2) is 9.18 Å². The van der Waals surface area contributed by atoms with Crippen LogP contribution < -0.4 is 0 Å². The molecule has 1 unspecified atom stereocenters. The van der Waals surface area contributed by atoms with Crippen LogP contribution in [0.4, 0.5) is 4.39 Å². The molecule has 0 aromatic heterocycles. The van der Waals surface area contributed by atoms with Crippen LogP contribution in [-0.2, 0) is 14.3 Å². The lowest BCUT2D eigenvalue weighted by Crippen LogP contribution is -2.52. The molecule has 0 aliphatic carbocycles. The molecule has 1 aromatic rings. The van der Waals surface area contributed by atoms with Crippen LogP contribution in [0.3, 0.4) is 0 Å². The molecule has 1 aromatic carbocycles. The van der Waals surface area contributed by atoms with E-state index in [-0.39, 0.29) is 24.8 Å². The summed E-state index contributed by atoms with van der Waals surface area (Å²) in [7, 11) is 0. The molecule has 1 amide bonds. The highest BCUT2D eigenvalue weighted by Gasteiger charge is 2.32. The fourth-order valence-corrected chi connectivity index (χ4v) is 2.88. The van der Waals surface area contributed by atoms with Gasteiger partial charge in [-0.3, -0.25) is 4.79 Å². The minimum Gasteiger partial charge on any atom is -0.480 e. The zero-order chi connectivity index (χ0) is 15.2. The van der Waals surface area contributed by atoms with Gasteiger partial charge in [-0.1, -0.05) is 0 Å². The number of carbonyl (C=O) groups excluding carboxylic acids is 1. The monoisotopic (exact) mass is 313 g/mol. The van der Waals surface area contributed by atoms with E-state index >= 15 is 0 Å². The maximum absolute atomic E-state index is 12.8. The average Bonchev–Trinajstić information content (AvgIpc) is 2.49. The van der Waals surface area contributed by atoms with Gasteiger partial charge in [-0.05, 0) is 24.3 Å². The van der Waals surface area contributed by atoms with E-state index in [0.29, 0.717) is 18.9 Å². The molecule has 1 atom stereocenters. The summed E-state index contributed by atoms with van der Waals surface area (Å²) in [6.45, 7) is 0.698. The summed E-state index contributed by atoms with van der Waals surface area (Å²) < 4.78 is 17.9. The van der Waals surface area contributed by atoms with Crippen LogP contribution in [0.1, 0.15) is 6.42 Å². The first-order valence-corrected chi connectivity index (χ1v) is 7.55. The lowest BCUT2D eigenvalue weighted by atomic mass is 10.2. The number of rotatable bonds is 5. The molecule has 2 rings (SSSR count). The van der Waals surface area contributed by atoms with Gasteiger partial charge in [0, 0.05) is 23.6 Å². The number of hydrogen-bond donors (Lipinski definition) is 1. The number of thioether (sulfide) groups is 1. The highest BCUT2D eigenvalue weighted by molar-refractivity contribution is 7.99. The summed E-state index contributed by atoms with van der Waals surface area (Å²) >= 11 is 1.44. The van der Waals surface area contributed by atoms with Crippen LogP contribution in [0.5, 0.6) is 0 Å².